The van der Waals surface area contributed by atoms with Crippen molar-refractivity contribution < 1.29 is 9.53 Å². The lowest BCUT2D eigenvalue weighted by Gasteiger charge is -2.33. The molecule has 0 saturated carbocycles. The van der Waals surface area contributed by atoms with Gasteiger partial charge in [0.2, 0.25) is 0 Å². The SMILES string of the molecule is Cc1sc(C(=O)NN)cc1CN1CCOCC1C. The van der Waals surface area contributed by atoms with Gasteiger partial charge in [-0.15, -0.1) is 11.3 Å². The van der Waals surface area contributed by atoms with Crippen molar-refractivity contribution in [2.75, 3.05) is 19.8 Å². The molecule has 0 radical (unpaired) electrons. The molecule has 2 heterocycles. The molecule has 0 aliphatic carbocycles. The van der Waals surface area contributed by atoms with Gasteiger partial charge in [-0.2, -0.15) is 0 Å². The molecule has 3 N–H and O–H groups in total. The van der Waals surface area contributed by atoms with Crippen LogP contribution in [0.5, 0.6) is 0 Å². The van der Waals surface area contributed by atoms with Gasteiger partial charge in [-0.25, -0.2) is 5.84 Å². The number of rotatable bonds is 3. The number of ether oxygens (including phenoxy) is 1. The van der Waals surface area contributed by atoms with Gasteiger partial charge in [0.05, 0.1) is 18.1 Å². The summed E-state index contributed by atoms with van der Waals surface area (Å²) in [5, 5.41) is 0. The number of aryl methyl sites for hydroxylation is 1. The fraction of sp³-hybridized carbons (Fsp3) is 0.583. The van der Waals surface area contributed by atoms with Crippen molar-refractivity contribution in [3.05, 3.63) is 21.4 Å². The third-order valence-corrected chi connectivity index (χ3v) is 4.35. The topological polar surface area (TPSA) is 67.6 Å². The summed E-state index contributed by atoms with van der Waals surface area (Å²) < 4.78 is 5.42. The summed E-state index contributed by atoms with van der Waals surface area (Å²) in [6.07, 6.45) is 0. The predicted octanol–water partition coefficient (Wildman–Crippen LogP) is 0.881. The lowest BCUT2D eigenvalue weighted by molar-refractivity contribution is -0.00439. The maximum Gasteiger partial charge on any atom is 0.275 e. The van der Waals surface area contributed by atoms with Crippen LogP contribution in [0.3, 0.4) is 0 Å². The maximum atomic E-state index is 11.5. The molecule has 2 rings (SSSR count). The van der Waals surface area contributed by atoms with E-state index in [2.05, 4.69) is 17.2 Å². The van der Waals surface area contributed by atoms with E-state index >= 15 is 0 Å². The summed E-state index contributed by atoms with van der Waals surface area (Å²) in [5.41, 5.74) is 3.37. The Labute approximate surface area is 111 Å². The van der Waals surface area contributed by atoms with Crippen molar-refractivity contribution in [3.63, 3.8) is 0 Å². The Morgan fingerprint density at radius 3 is 3.17 bits per heavy atom. The number of nitrogens with zero attached hydrogens (tertiary/aromatic N) is 1. The Hall–Kier alpha value is -0.950. The molecule has 1 aliphatic rings. The van der Waals surface area contributed by atoms with Crippen LogP contribution in [0.4, 0.5) is 0 Å². The molecule has 1 aromatic heterocycles. The number of nitrogens with one attached hydrogen (secondary N) is 1. The number of thiophene rings is 1. The van der Waals surface area contributed by atoms with Crippen molar-refractivity contribution in [3.8, 4) is 0 Å². The van der Waals surface area contributed by atoms with Gasteiger partial charge in [-0.05, 0) is 25.5 Å². The molecule has 1 aliphatic heterocycles. The molecule has 1 aromatic rings. The third-order valence-electron chi connectivity index (χ3n) is 3.25. The van der Waals surface area contributed by atoms with Crippen LogP contribution in [0.2, 0.25) is 0 Å². The van der Waals surface area contributed by atoms with Crippen molar-refractivity contribution >= 4 is 17.2 Å². The average Bonchev–Trinajstić information content (AvgIpc) is 2.73. The Kier molecular flexibility index (Phi) is 4.34. The Morgan fingerprint density at radius 1 is 1.72 bits per heavy atom. The molecule has 1 saturated heterocycles. The molecule has 5 nitrogen and oxygen atoms in total. The zero-order valence-electron chi connectivity index (χ0n) is 10.7. The maximum absolute atomic E-state index is 11.5. The van der Waals surface area contributed by atoms with Crippen molar-refractivity contribution in [1.82, 2.24) is 10.3 Å². The van der Waals surface area contributed by atoms with E-state index in [1.165, 1.54) is 21.8 Å². The number of carbonyl (C=O) groups is 1. The Bertz CT molecular complexity index is 433. The van der Waals surface area contributed by atoms with Crippen LogP contribution >= 0.6 is 11.3 Å². The smallest absolute Gasteiger partial charge is 0.275 e. The molecule has 1 atom stereocenters. The first-order valence-electron chi connectivity index (χ1n) is 6.04. The van der Waals surface area contributed by atoms with Crippen molar-refractivity contribution in [2.45, 2.75) is 26.4 Å². The second-order valence-electron chi connectivity index (χ2n) is 4.56. The van der Waals surface area contributed by atoms with E-state index in [-0.39, 0.29) is 5.91 Å². The fourth-order valence-electron chi connectivity index (χ4n) is 2.08. The molecule has 0 bridgehead atoms. The monoisotopic (exact) mass is 269 g/mol. The highest BCUT2D eigenvalue weighted by Gasteiger charge is 2.21. The highest BCUT2D eigenvalue weighted by molar-refractivity contribution is 7.14. The van der Waals surface area contributed by atoms with Gasteiger partial charge in [-0.3, -0.25) is 15.1 Å². The highest BCUT2D eigenvalue weighted by Crippen LogP contribution is 2.24. The second kappa shape index (κ2) is 5.79. The van der Waals surface area contributed by atoms with E-state index < -0.39 is 0 Å². The van der Waals surface area contributed by atoms with E-state index in [1.54, 1.807) is 0 Å². The molecule has 0 aromatic carbocycles. The number of nitrogen functional groups attached to an aromatic ring is 1. The van der Waals surface area contributed by atoms with Crippen LogP contribution < -0.4 is 11.3 Å². The van der Waals surface area contributed by atoms with E-state index in [1.807, 2.05) is 13.0 Å². The lowest BCUT2D eigenvalue weighted by atomic mass is 10.2. The highest BCUT2D eigenvalue weighted by atomic mass is 32.1. The van der Waals surface area contributed by atoms with E-state index in [4.69, 9.17) is 10.6 Å². The minimum atomic E-state index is -0.218. The molecular formula is C12H19N3O2S. The summed E-state index contributed by atoms with van der Waals surface area (Å²) in [6.45, 7) is 7.56. The average molecular weight is 269 g/mol. The number of carbonyl (C=O) groups excluding carboxylic acids is 1. The molecule has 1 amide bonds. The summed E-state index contributed by atoms with van der Waals surface area (Å²) in [6, 6.07) is 2.36. The number of nitrogens with two attached hydrogens (primary N) is 1. The predicted molar refractivity (Wildman–Crippen MR) is 71.4 cm³/mol. The van der Waals surface area contributed by atoms with Gasteiger partial charge in [0.1, 0.15) is 0 Å². The second-order valence-corrected chi connectivity index (χ2v) is 5.82. The number of hydrazine groups is 1. The van der Waals surface area contributed by atoms with Gasteiger partial charge in [-0.1, -0.05) is 0 Å². The van der Waals surface area contributed by atoms with Gasteiger partial charge < -0.3 is 4.74 Å². The number of hydrogen-bond acceptors (Lipinski definition) is 5. The van der Waals surface area contributed by atoms with Gasteiger partial charge >= 0.3 is 0 Å². The normalized spacial score (nSPS) is 20.9. The first-order chi connectivity index (χ1) is 8.61. The van der Waals surface area contributed by atoms with E-state index in [0.717, 1.165) is 26.3 Å². The number of hydrogen-bond donors (Lipinski definition) is 2. The van der Waals surface area contributed by atoms with Crippen LogP contribution in [0.1, 0.15) is 27.0 Å². The molecule has 0 spiro atoms. The van der Waals surface area contributed by atoms with Crippen LogP contribution in [-0.2, 0) is 11.3 Å². The Morgan fingerprint density at radius 2 is 2.50 bits per heavy atom. The van der Waals surface area contributed by atoms with E-state index in [9.17, 15) is 4.79 Å². The van der Waals surface area contributed by atoms with Crippen LogP contribution in [0.25, 0.3) is 0 Å². The third kappa shape index (κ3) is 2.89. The summed E-state index contributed by atoms with van der Waals surface area (Å²) in [4.78, 5) is 15.7. The first-order valence-corrected chi connectivity index (χ1v) is 6.85. The molecule has 1 fully saturated rings. The van der Waals surface area contributed by atoms with Gasteiger partial charge in [0.15, 0.2) is 0 Å². The van der Waals surface area contributed by atoms with E-state index in [0.29, 0.717) is 10.9 Å². The number of morpholine rings is 1. The summed E-state index contributed by atoms with van der Waals surface area (Å²) in [7, 11) is 0. The van der Waals surface area contributed by atoms with Crippen LogP contribution in [0.15, 0.2) is 6.07 Å². The largest absolute Gasteiger partial charge is 0.379 e. The molecular weight excluding hydrogens is 250 g/mol. The Balaban J connectivity index is 2.09. The summed E-state index contributed by atoms with van der Waals surface area (Å²) >= 11 is 1.49. The zero-order chi connectivity index (χ0) is 13.1. The first kappa shape index (κ1) is 13.5. The minimum absolute atomic E-state index is 0.218. The van der Waals surface area contributed by atoms with Crippen LogP contribution in [-0.4, -0.2) is 36.6 Å². The standard InChI is InChI=1S/C12H19N3O2S/c1-8-7-17-4-3-15(8)6-10-5-11(12(16)14-13)18-9(10)2/h5,8H,3-4,6-7,13H2,1-2H3,(H,14,16). The van der Waals surface area contributed by atoms with Crippen molar-refractivity contribution in [1.29, 1.82) is 0 Å². The quantitative estimate of drug-likeness (QED) is 0.485. The lowest BCUT2D eigenvalue weighted by Crippen LogP contribution is -2.42. The number of amides is 1. The molecule has 6 heteroatoms. The van der Waals surface area contributed by atoms with Gasteiger partial charge in [0.25, 0.3) is 5.91 Å². The minimum Gasteiger partial charge on any atom is -0.379 e. The van der Waals surface area contributed by atoms with Gasteiger partial charge in [0, 0.05) is 24.0 Å². The molecule has 1 unspecified atom stereocenters. The van der Waals surface area contributed by atoms with Crippen molar-refractivity contribution in [2.24, 2.45) is 5.84 Å². The summed E-state index contributed by atoms with van der Waals surface area (Å²) in [5.74, 6) is 4.93. The molecule has 18 heavy (non-hydrogen) atoms. The zero-order valence-corrected chi connectivity index (χ0v) is 11.5. The van der Waals surface area contributed by atoms with Crippen LogP contribution in [0, 0.1) is 6.92 Å². The molecule has 100 valence electrons. The fourth-order valence-corrected chi connectivity index (χ4v) is 3.01.